The molecule has 1 unspecified atom stereocenters. The molecular weight excluding hydrogens is 515 g/mol. The average molecular weight is 546 g/mol. The summed E-state index contributed by atoms with van der Waals surface area (Å²) >= 11 is 1.25. The summed E-state index contributed by atoms with van der Waals surface area (Å²) < 4.78 is 32.8. The largest absolute Gasteiger partial charge is 0.396 e. The normalized spacial score (nSPS) is 20.0. The van der Waals surface area contributed by atoms with Gasteiger partial charge in [0.15, 0.2) is 5.96 Å². The minimum atomic E-state index is -3.47. The van der Waals surface area contributed by atoms with Gasteiger partial charge in [0.05, 0.1) is 13.2 Å². The SMILES string of the molecule is CCNC(=NCC1(CCO)CCOC1)NCCNS(=O)(=O)c1ccc(C)s1.I. The molecular formula is C17H31IN4O4S2. The van der Waals surface area contributed by atoms with Gasteiger partial charge < -0.3 is 20.5 Å². The van der Waals surface area contributed by atoms with Gasteiger partial charge in [-0.25, -0.2) is 13.1 Å². The summed E-state index contributed by atoms with van der Waals surface area (Å²) in [5.74, 6) is 0.632. The fourth-order valence-corrected chi connectivity index (χ4v) is 5.23. The van der Waals surface area contributed by atoms with Crippen LogP contribution in [0.25, 0.3) is 0 Å². The number of aliphatic hydroxyl groups excluding tert-OH is 1. The van der Waals surface area contributed by atoms with Crippen LogP contribution < -0.4 is 15.4 Å². The van der Waals surface area contributed by atoms with E-state index in [1.807, 2.05) is 13.8 Å². The molecule has 28 heavy (non-hydrogen) atoms. The molecule has 11 heteroatoms. The standard InChI is InChI=1S/C17H30N4O4S2.HI/c1-3-18-16(20-12-17(6-10-22)7-11-25-13-17)19-8-9-21-27(23,24)15-5-4-14(2)26-15;/h4-5,21-22H,3,6-13H2,1-2H3,(H2,18,19,20);1H. The second-order valence-electron chi connectivity index (χ2n) is 6.66. The number of halogens is 1. The second-order valence-corrected chi connectivity index (χ2v) is 9.94. The topological polar surface area (TPSA) is 112 Å². The zero-order valence-electron chi connectivity index (χ0n) is 16.4. The summed E-state index contributed by atoms with van der Waals surface area (Å²) in [7, 11) is -3.47. The molecule has 1 fully saturated rings. The molecule has 0 amide bonds. The fourth-order valence-electron chi connectivity index (χ4n) is 2.87. The van der Waals surface area contributed by atoms with E-state index in [2.05, 4.69) is 20.3 Å². The molecule has 0 aromatic carbocycles. The van der Waals surface area contributed by atoms with Crippen LogP contribution in [0.5, 0.6) is 0 Å². The van der Waals surface area contributed by atoms with Crippen LogP contribution in [0.2, 0.25) is 0 Å². The van der Waals surface area contributed by atoms with Crippen molar-refractivity contribution in [3.8, 4) is 0 Å². The van der Waals surface area contributed by atoms with Gasteiger partial charge in [0.2, 0.25) is 10.0 Å². The molecule has 1 atom stereocenters. The zero-order chi connectivity index (χ0) is 19.8. The van der Waals surface area contributed by atoms with Gasteiger partial charge in [-0.3, -0.25) is 4.99 Å². The van der Waals surface area contributed by atoms with Crippen molar-refractivity contribution in [3.05, 3.63) is 17.0 Å². The third kappa shape index (κ3) is 7.75. The summed E-state index contributed by atoms with van der Waals surface area (Å²) in [6.45, 7) is 7.21. The Morgan fingerprint density at radius 1 is 1.36 bits per heavy atom. The van der Waals surface area contributed by atoms with Crippen molar-refractivity contribution in [2.45, 2.75) is 30.9 Å². The maximum Gasteiger partial charge on any atom is 0.250 e. The number of sulfonamides is 1. The van der Waals surface area contributed by atoms with Crippen LogP contribution in [0, 0.1) is 12.3 Å². The highest BCUT2D eigenvalue weighted by atomic mass is 127. The number of aryl methyl sites for hydroxylation is 1. The van der Waals surface area contributed by atoms with Crippen molar-refractivity contribution in [2.75, 3.05) is 46.0 Å². The summed E-state index contributed by atoms with van der Waals surface area (Å²) in [6.07, 6.45) is 1.55. The molecule has 1 aliphatic rings. The van der Waals surface area contributed by atoms with E-state index in [1.54, 1.807) is 12.1 Å². The zero-order valence-corrected chi connectivity index (χ0v) is 20.3. The van der Waals surface area contributed by atoms with Gasteiger partial charge in [0.1, 0.15) is 4.21 Å². The molecule has 0 radical (unpaired) electrons. The van der Waals surface area contributed by atoms with E-state index < -0.39 is 10.0 Å². The van der Waals surface area contributed by atoms with Crippen molar-refractivity contribution in [1.29, 1.82) is 0 Å². The molecule has 0 bridgehead atoms. The Labute approximate surface area is 188 Å². The maximum absolute atomic E-state index is 12.2. The smallest absolute Gasteiger partial charge is 0.250 e. The molecule has 1 aromatic rings. The summed E-state index contributed by atoms with van der Waals surface area (Å²) in [4.78, 5) is 5.57. The number of nitrogens with one attached hydrogen (secondary N) is 3. The van der Waals surface area contributed by atoms with Crippen LogP contribution in [-0.4, -0.2) is 65.5 Å². The minimum absolute atomic E-state index is 0. The van der Waals surface area contributed by atoms with Crippen LogP contribution in [0.4, 0.5) is 0 Å². The third-order valence-corrected chi connectivity index (χ3v) is 7.39. The van der Waals surface area contributed by atoms with E-state index in [4.69, 9.17) is 4.74 Å². The lowest BCUT2D eigenvalue weighted by Crippen LogP contribution is -2.42. The number of guanidine groups is 1. The van der Waals surface area contributed by atoms with Crippen molar-refractivity contribution in [2.24, 2.45) is 10.4 Å². The van der Waals surface area contributed by atoms with Crippen LogP contribution in [0.15, 0.2) is 21.3 Å². The maximum atomic E-state index is 12.2. The van der Waals surface area contributed by atoms with E-state index in [1.165, 1.54) is 11.3 Å². The lowest BCUT2D eigenvalue weighted by Gasteiger charge is -2.24. The summed E-state index contributed by atoms with van der Waals surface area (Å²) in [5.41, 5.74) is -0.115. The fraction of sp³-hybridized carbons (Fsp3) is 0.706. The molecule has 4 N–H and O–H groups in total. The molecule has 1 aliphatic heterocycles. The van der Waals surface area contributed by atoms with E-state index in [0.717, 1.165) is 11.3 Å². The Hall–Kier alpha value is -0.470. The second kappa shape index (κ2) is 12.3. The van der Waals surface area contributed by atoms with Crippen LogP contribution >= 0.6 is 35.3 Å². The summed E-state index contributed by atoms with van der Waals surface area (Å²) in [5, 5.41) is 15.6. The van der Waals surface area contributed by atoms with Gasteiger partial charge in [-0.15, -0.1) is 35.3 Å². The quantitative estimate of drug-likeness (QED) is 0.152. The molecule has 0 spiro atoms. The first-order valence-corrected chi connectivity index (χ1v) is 11.5. The van der Waals surface area contributed by atoms with Gasteiger partial charge in [-0.2, -0.15) is 0 Å². The van der Waals surface area contributed by atoms with E-state index in [-0.39, 0.29) is 42.5 Å². The Morgan fingerprint density at radius 3 is 2.71 bits per heavy atom. The van der Waals surface area contributed by atoms with Crippen molar-refractivity contribution < 1.29 is 18.3 Å². The number of thiophene rings is 1. The molecule has 1 saturated heterocycles. The number of rotatable bonds is 10. The molecule has 8 nitrogen and oxygen atoms in total. The Bertz CT molecular complexity index is 718. The number of ether oxygens (including phenoxy) is 1. The van der Waals surface area contributed by atoms with Gasteiger partial charge in [0.25, 0.3) is 0 Å². The number of aliphatic imine (C=N–C) groups is 1. The number of nitrogens with zero attached hydrogens (tertiary/aromatic N) is 1. The lowest BCUT2D eigenvalue weighted by molar-refractivity contribution is 0.131. The van der Waals surface area contributed by atoms with Crippen molar-refractivity contribution in [1.82, 2.24) is 15.4 Å². The van der Waals surface area contributed by atoms with E-state index in [0.29, 0.717) is 49.4 Å². The number of hydrogen-bond acceptors (Lipinski definition) is 6. The average Bonchev–Trinajstić information content (AvgIpc) is 3.27. The van der Waals surface area contributed by atoms with Crippen LogP contribution in [-0.2, 0) is 14.8 Å². The van der Waals surface area contributed by atoms with Gasteiger partial charge >= 0.3 is 0 Å². The highest BCUT2D eigenvalue weighted by Crippen LogP contribution is 2.32. The van der Waals surface area contributed by atoms with Crippen molar-refractivity contribution in [3.63, 3.8) is 0 Å². The predicted molar refractivity (Wildman–Crippen MR) is 123 cm³/mol. The predicted octanol–water partition coefficient (Wildman–Crippen LogP) is 1.30. The monoisotopic (exact) mass is 546 g/mol. The number of hydrogen-bond donors (Lipinski definition) is 4. The molecule has 0 aliphatic carbocycles. The Morgan fingerprint density at radius 2 is 2.14 bits per heavy atom. The lowest BCUT2D eigenvalue weighted by atomic mass is 9.84. The first-order valence-electron chi connectivity index (χ1n) is 9.18. The van der Waals surface area contributed by atoms with Gasteiger partial charge in [-0.05, 0) is 38.8 Å². The highest BCUT2D eigenvalue weighted by Gasteiger charge is 2.34. The Balaban J connectivity index is 0.00000392. The molecule has 2 heterocycles. The van der Waals surface area contributed by atoms with E-state index in [9.17, 15) is 13.5 Å². The van der Waals surface area contributed by atoms with E-state index >= 15 is 0 Å². The van der Waals surface area contributed by atoms with Gasteiger partial charge in [-0.1, -0.05) is 0 Å². The first kappa shape index (κ1) is 25.6. The first-order chi connectivity index (χ1) is 12.9. The molecule has 2 rings (SSSR count). The molecule has 162 valence electrons. The van der Waals surface area contributed by atoms with Gasteiger partial charge in [0, 0.05) is 43.1 Å². The Kier molecular flexibility index (Phi) is 11.2. The minimum Gasteiger partial charge on any atom is -0.396 e. The molecule has 0 saturated carbocycles. The summed E-state index contributed by atoms with van der Waals surface area (Å²) in [6, 6.07) is 3.41. The van der Waals surface area contributed by atoms with Crippen molar-refractivity contribution >= 4 is 51.3 Å². The highest BCUT2D eigenvalue weighted by molar-refractivity contribution is 14.0. The number of aliphatic hydroxyl groups is 1. The molecule has 1 aromatic heterocycles. The van der Waals surface area contributed by atoms with Crippen LogP contribution in [0.3, 0.4) is 0 Å². The third-order valence-electron chi connectivity index (χ3n) is 4.43. The van der Waals surface area contributed by atoms with Crippen LogP contribution in [0.1, 0.15) is 24.6 Å².